The number of aromatic nitrogens is 3. The minimum atomic E-state index is -4.77. The van der Waals surface area contributed by atoms with Crippen molar-refractivity contribution in [3.05, 3.63) is 52.4 Å². The molecule has 0 atom stereocenters. The highest BCUT2D eigenvalue weighted by Gasteiger charge is 2.36. The van der Waals surface area contributed by atoms with Gasteiger partial charge in [-0.25, -0.2) is 13.4 Å². The summed E-state index contributed by atoms with van der Waals surface area (Å²) in [6.07, 6.45) is -1.92. The standard InChI is InChI=1S/C16H14F3N3O2S2/c1-9-15(25-14(21-9)8-11-5-6-20-22-11)10-3-4-13(26(2,23)24)12(7-10)16(17,18)19/h3-7H,8H2,1-2H3,(H,20,22). The fraction of sp³-hybridized carbons (Fsp3) is 0.250. The normalized spacial score (nSPS) is 12.5. The van der Waals surface area contributed by atoms with Gasteiger partial charge in [0.25, 0.3) is 0 Å². The number of aryl methyl sites for hydroxylation is 1. The van der Waals surface area contributed by atoms with Gasteiger partial charge in [0.15, 0.2) is 9.84 Å². The van der Waals surface area contributed by atoms with Crippen LogP contribution in [0.1, 0.15) is 22.0 Å². The van der Waals surface area contributed by atoms with Crippen LogP contribution in [-0.2, 0) is 22.4 Å². The van der Waals surface area contributed by atoms with Gasteiger partial charge in [0, 0.05) is 24.6 Å². The van der Waals surface area contributed by atoms with E-state index in [1.165, 1.54) is 17.4 Å². The quantitative estimate of drug-likeness (QED) is 0.720. The van der Waals surface area contributed by atoms with Gasteiger partial charge < -0.3 is 0 Å². The fourth-order valence-electron chi connectivity index (χ4n) is 2.56. The third kappa shape index (κ3) is 3.80. The van der Waals surface area contributed by atoms with Crippen molar-refractivity contribution in [2.24, 2.45) is 0 Å². The Hall–Kier alpha value is -2.20. The first kappa shape index (κ1) is 18.6. The second kappa shape index (κ2) is 6.51. The van der Waals surface area contributed by atoms with Crippen molar-refractivity contribution < 1.29 is 21.6 Å². The van der Waals surface area contributed by atoms with Crippen LogP contribution in [0.2, 0.25) is 0 Å². The first-order chi connectivity index (χ1) is 12.1. The first-order valence-electron chi connectivity index (χ1n) is 7.42. The van der Waals surface area contributed by atoms with E-state index in [9.17, 15) is 21.6 Å². The van der Waals surface area contributed by atoms with E-state index >= 15 is 0 Å². The van der Waals surface area contributed by atoms with Crippen molar-refractivity contribution in [3.8, 4) is 10.4 Å². The number of aromatic amines is 1. The molecule has 0 aliphatic carbocycles. The summed E-state index contributed by atoms with van der Waals surface area (Å²) in [5.41, 5.74) is 0.550. The number of hydrogen-bond acceptors (Lipinski definition) is 5. The van der Waals surface area contributed by atoms with E-state index < -0.39 is 26.5 Å². The van der Waals surface area contributed by atoms with Crippen LogP contribution in [0.3, 0.4) is 0 Å². The Bertz CT molecular complexity index is 1040. The van der Waals surface area contributed by atoms with Crippen LogP contribution in [0, 0.1) is 6.92 Å². The molecule has 0 aliphatic heterocycles. The van der Waals surface area contributed by atoms with Crippen molar-refractivity contribution in [2.75, 3.05) is 6.26 Å². The topological polar surface area (TPSA) is 75.7 Å². The predicted molar refractivity (Wildman–Crippen MR) is 91.8 cm³/mol. The number of alkyl halides is 3. The Kier molecular flexibility index (Phi) is 4.65. The van der Waals surface area contributed by atoms with Gasteiger partial charge in [-0.15, -0.1) is 11.3 Å². The lowest BCUT2D eigenvalue weighted by Crippen LogP contribution is -2.12. The average molecular weight is 401 g/mol. The van der Waals surface area contributed by atoms with Gasteiger partial charge in [-0.3, -0.25) is 5.10 Å². The SMILES string of the molecule is Cc1nc(Cc2ccn[nH]2)sc1-c1ccc(S(C)(=O)=O)c(C(F)(F)F)c1. The second-order valence-electron chi connectivity index (χ2n) is 5.76. The predicted octanol–water partition coefficient (Wildman–Crippen LogP) is 3.85. The molecular weight excluding hydrogens is 387 g/mol. The van der Waals surface area contributed by atoms with Crippen molar-refractivity contribution in [1.29, 1.82) is 0 Å². The van der Waals surface area contributed by atoms with Gasteiger partial charge in [-0.05, 0) is 30.7 Å². The minimum absolute atomic E-state index is 0.288. The summed E-state index contributed by atoms with van der Waals surface area (Å²) in [4.78, 5) is 4.24. The maximum absolute atomic E-state index is 13.3. The number of nitrogens with one attached hydrogen (secondary N) is 1. The Morgan fingerprint density at radius 3 is 2.54 bits per heavy atom. The van der Waals surface area contributed by atoms with Crippen molar-refractivity contribution in [3.63, 3.8) is 0 Å². The molecule has 0 radical (unpaired) electrons. The van der Waals surface area contributed by atoms with E-state index in [0.717, 1.165) is 29.1 Å². The van der Waals surface area contributed by atoms with Crippen LogP contribution < -0.4 is 0 Å². The summed E-state index contributed by atoms with van der Waals surface area (Å²) in [6, 6.07) is 5.04. The summed E-state index contributed by atoms with van der Waals surface area (Å²) in [5.74, 6) is 0. The van der Waals surface area contributed by atoms with Crippen LogP contribution in [0.15, 0.2) is 35.4 Å². The number of benzene rings is 1. The molecule has 0 spiro atoms. The Morgan fingerprint density at radius 2 is 1.96 bits per heavy atom. The van der Waals surface area contributed by atoms with Crippen LogP contribution in [-0.4, -0.2) is 29.9 Å². The molecule has 0 bridgehead atoms. The number of hydrogen-bond donors (Lipinski definition) is 1. The molecule has 0 saturated carbocycles. The number of rotatable bonds is 4. The molecule has 5 nitrogen and oxygen atoms in total. The largest absolute Gasteiger partial charge is 0.417 e. The summed E-state index contributed by atoms with van der Waals surface area (Å²) in [7, 11) is -4.00. The highest BCUT2D eigenvalue weighted by Crippen LogP contribution is 2.39. The zero-order chi connectivity index (χ0) is 19.1. The molecule has 0 amide bonds. The van der Waals surface area contributed by atoms with Gasteiger partial charge in [0.05, 0.1) is 26.0 Å². The maximum atomic E-state index is 13.3. The van der Waals surface area contributed by atoms with E-state index in [1.54, 1.807) is 19.2 Å². The van der Waals surface area contributed by atoms with Crippen LogP contribution >= 0.6 is 11.3 Å². The summed E-state index contributed by atoms with van der Waals surface area (Å²) >= 11 is 1.27. The maximum Gasteiger partial charge on any atom is 0.417 e. The third-order valence-corrected chi connectivity index (χ3v) is 6.05. The smallest absolute Gasteiger partial charge is 0.282 e. The van der Waals surface area contributed by atoms with E-state index in [4.69, 9.17) is 0 Å². The third-order valence-electron chi connectivity index (χ3n) is 3.69. The monoisotopic (exact) mass is 401 g/mol. The lowest BCUT2D eigenvalue weighted by atomic mass is 10.1. The molecule has 3 aromatic rings. The number of thiazole rings is 1. The molecule has 0 aliphatic rings. The van der Waals surface area contributed by atoms with E-state index in [0.29, 0.717) is 17.0 Å². The molecule has 0 unspecified atom stereocenters. The summed E-state index contributed by atoms with van der Waals surface area (Å²) in [5, 5.41) is 7.38. The Labute approximate surface area is 151 Å². The lowest BCUT2D eigenvalue weighted by molar-refractivity contribution is -0.139. The van der Waals surface area contributed by atoms with Crippen molar-refractivity contribution in [1.82, 2.24) is 15.2 Å². The van der Waals surface area contributed by atoms with Crippen molar-refractivity contribution >= 4 is 21.2 Å². The molecule has 1 aromatic carbocycles. The molecule has 0 saturated heterocycles. The molecule has 2 aromatic heterocycles. The van der Waals surface area contributed by atoms with Gasteiger partial charge in [0.2, 0.25) is 0 Å². The number of H-pyrrole nitrogens is 1. The fourth-order valence-corrected chi connectivity index (χ4v) is 4.53. The zero-order valence-corrected chi connectivity index (χ0v) is 15.4. The number of halogens is 3. The summed E-state index contributed by atoms with van der Waals surface area (Å²) < 4.78 is 63.4. The van der Waals surface area contributed by atoms with E-state index in [1.807, 2.05) is 0 Å². The Balaban J connectivity index is 2.06. The molecule has 3 rings (SSSR count). The highest BCUT2D eigenvalue weighted by atomic mass is 32.2. The van der Waals surface area contributed by atoms with Gasteiger partial charge in [-0.1, -0.05) is 6.07 Å². The lowest BCUT2D eigenvalue weighted by Gasteiger charge is -2.13. The molecule has 1 N–H and O–H groups in total. The van der Waals surface area contributed by atoms with Crippen LogP contribution in [0.25, 0.3) is 10.4 Å². The van der Waals surface area contributed by atoms with Crippen LogP contribution in [0.4, 0.5) is 13.2 Å². The van der Waals surface area contributed by atoms with Gasteiger partial charge in [-0.2, -0.15) is 18.3 Å². The molecule has 138 valence electrons. The molecule has 0 fully saturated rings. The molecular formula is C16H14F3N3O2S2. The number of sulfone groups is 1. The minimum Gasteiger partial charge on any atom is -0.282 e. The summed E-state index contributed by atoms with van der Waals surface area (Å²) in [6.45, 7) is 1.71. The molecule has 2 heterocycles. The van der Waals surface area contributed by atoms with Gasteiger partial charge in [0.1, 0.15) is 0 Å². The first-order valence-corrected chi connectivity index (χ1v) is 10.1. The van der Waals surface area contributed by atoms with Crippen LogP contribution in [0.5, 0.6) is 0 Å². The van der Waals surface area contributed by atoms with Crippen molar-refractivity contribution in [2.45, 2.75) is 24.4 Å². The van der Waals surface area contributed by atoms with E-state index in [-0.39, 0.29) is 5.56 Å². The Morgan fingerprint density at radius 1 is 1.23 bits per heavy atom. The molecule has 26 heavy (non-hydrogen) atoms. The van der Waals surface area contributed by atoms with Gasteiger partial charge >= 0.3 is 6.18 Å². The highest BCUT2D eigenvalue weighted by molar-refractivity contribution is 7.90. The van der Waals surface area contributed by atoms with E-state index in [2.05, 4.69) is 15.2 Å². The molecule has 10 heteroatoms. The zero-order valence-electron chi connectivity index (χ0n) is 13.8. The number of nitrogens with zero attached hydrogens (tertiary/aromatic N) is 2. The average Bonchev–Trinajstić information content (AvgIpc) is 3.15. The second-order valence-corrected chi connectivity index (χ2v) is 8.83.